The third-order valence-electron chi connectivity index (χ3n) is 2.03. The average molecular weight is 227 g/mol. The zero-order chi connectivity index (χ0) is 12.3. The molecule has 0 bridgehead atoms. The van der Waals surface area contributed by atoms with E-state index in [4.69, 9.17) is 0 Å². The zero-order valence-electron chi connectivity index (χ0n) is 9.97. The summed E-state index contributed by atoms with van der Waals surface area (Å²) in [6, 6.07) is 9.82. The molecule has 1 amide bonds. The van der Waals surface area contributed by atoms with Crippen LogP contribution in [0.15, 0.2) is 60.8 Å². The molecule has 2 nitrogen and oxygen atoms in total. The predicted molar refractivity (Wildman–Crippen MR) is 72.2 cm³/mol. The van der Waals surface area contributed by atoms with Crippen LogP contribution >= 0.6 is 0 Å². The lowest BCUT2D eigenvalue weighted by molar-refractivity contribution is -0.115. The number of hydrogen-bond donors (Lipinski definition) is 1. The molecular weight excluding hydrogens is 210 g/mol. The van der Waals surface area contributed by atoms with Crippen molar-refractivity contribution in [3.05, 3.63) is 66.4 Å². The van der Waals surface area contributed by atoms with Crippen LogP contribution in [0.3, 0.4) is 0 Å². The fourth-order valence-corrected chi connectivity index (χ4v) is 1.19. The van der Waals surface area contributed by atoms with Gasteiger partial charge in [-0.3, -0.25) is 4.79 Å². The first-order valence-corrected chi connectivity index (χ1v) is 5.68. The number of rotatable bonds is 5. The first-order valence-electron chi connectivity index (χ1n) is 5.68. The molecule has 0 atom stereocenters. The molecular formula is C15H17NO. The molecule has 0 spiro atoms. The molecule has 0 aliphatic carbocycles. The van der Waals surface area contributed by atoms with Gasteiger partial charge in [-0.05, 0) is 18.1 Å². The van der Waals surface area contributed by atoms with Gasteiger partial charge in [0.15, 0.2) is 0 Å². The number of benzene rings is 1. The molecule has 1 aromatic carbocycles. The molecule has 1 N–H and O–H groups in total. The van der Waals surface area contributed by atoms with Crippen molar-refractivity contribution >= 4 is 12.0 Å². The van der Waals surface area contributed by atoms with Crippen molar-refractivity contribution in [1.29, 1.82) is 0 Å². The molecule has 0 aliphatic rings. The summed E-state index contributed by atoms with van der Waals surface area (Å²) < 4.78 is 0. The van der Waals surface area contributed by atoms with Crippen molar-refractivity contribution in [1.82, 2.24) is 5.32 Å². The lowest BCUT2D eigenvalue weighted by Gasteiger charge is -1.93. The standard InChI is InChI=1S/C15H17NO/c1-2-3-4-8-11-15(17)16-13-12-14-9-6-5-7-10-14/h3-13H,2H2,1H3,(H,16,17)/b4-3?,11-8?,13-12+. The van der Waals surface area contributed by atoms with E-state index in [0.29, 0.717) is 0 Å². The molecule has 1 rings (SSSR count). The summed E-state index contributed by atoms with van der Waals surface area (Å²) in [6.07, 6.45) is 11.6. The zero-order valence-corrected chi connectivity index (χ0v) is 9.97. The van der Waals surface area contributed by atoms with Crippen LogP contribution in [0.25, 0.3) is 6.08 Å². The van der Waals surface area contributed by atoms with Crippen molar-refractivity contribution in [2.45, 2.75) is 13.3 Å². The lowest BCUT2D eigenvalue weighted by Crippen LogP contribution is -2.12. The number of hydrogen-bond acceptors (Lipinski definition) is 1. The Morgan fingerprint density at radius 3 is 2.71 bits per heavy atom. The smallest absolute Gasteiger partial charge is 0.247 e. The molecule has 1 aromatic rings. The van der Waals surface area contributed by atoms with Crippen molar-refractivity contribution in [2.75, 3.05) is 0 Å². The molecule has 17 heavy (non-hydrogen) atoms. The second kappa shape index (κ2) is 8.11. The van der Waals surface area contributed by atoms with Gasteiger partial charge in [-0.1, -0.05) is 55.5 Å². The number of amides is 1. The largest absolute Gasteiger partial charge is 0.329 e. The molecule has 0 unspecified atom stereocenters. The van der Waals surface area contributed by atoms with Crippen molar-refractivity contribution in [3.8, 4) is 0 Å². The first kappa shape index (κ1) is 13.0. The summed E-state index contributed by atoms with van der Waals surface area (Å²) >= 11 is 0. The minimum atomic E-state index is -0.127. The predicted octanol–water partition coefficient (Wildman–Crippen LogP) is 3.30. The maximum absolute atomic E-state index is 11.3. The summed E-state index contributed by atoms with van der Waals surface area (Å²) in [5, 5.41) is 2.67. The second-order valence-electron chi connectivity index (χ2n) is 3.45. The van der Waals surface area contributed by atoms with Gasteiger partial charge in [-0.25, -0.2) is 0 Å². The second-order valence-corrected chi connectivity index (χ2v) is 3.45. The number of carbonyl (C=O) groups excluding carboxylic acids is 1. The van der Waals surface area contributed by atoms with Crippen molar-refractivity contribution in [2.24, 2.45) is 0 Å². The van der Waals surface area contributed by atoms with E-state index >= 15 is 0 Å². The van der Waals surface area contributed by atoms with Crippen LogP contribution in [-0.2, 0) is 4.79 Å². The molecule has 0 saturated heterocycles. The summed E-state index contributed by atoms with van der Waals surface area (Å²) in [7, 11) is 0. The summed E-state index contributed by atoms with van der Waals surface area (Å²) in [4.78, 5) is 11.3. The quantitative estimate of drug-likeness (QED) is 0.607. The SMILES string of the molecule is CCC=CC=CC(=O)N/C=C/c1ccccc1. The normalized spacial score (nSPS) is 11.6. The van der Waals surface area contributed by atoms with Crippen LogP contribution in [-0.4, -0.2) is 5.91 Å². The minimum Gasteiger partial charge on any atom is -0.329 e. The number of nitrogens with one attached hydrogen (secondary N) is 1. The van der Waals surface area contributed by atoms with E-state index in [1.54, 1.807) is 12.3 Å². The molecule has 88 valence electrons. The van der Waals surface area contributed by atoms with Gasteiger partial charge in [0.2, 0.25) is 5.91 Å². The van der Waals surface area contributed by atoms with Gasteiger partial charge in [-0.15, -0.1) is 0 Å². The summed E-state index contributed by atoms with van der Waals surface area (Å²) in [5.74, 6) is -0.127. The fourth-order valence-electron chi connectivity index (χ4n) is 1.19. The Morgan fingerprint density at radius 2 is 2.00 bits per heavy atom. The van der Waals surface area contributed by atoms with Gasteiger partial charge in [0.05, 0.1) is 0 Å². The highest BCUT2D eigenvalue weighted by Crippen LogP contribution is 1.99. The van der Waals surface area contributed by atoms with E-state index in [2.05, 4.69) is 5.32 Å². The van der Waals surface area contributed by atoms with Crippen LogP contribution in [0.5, 0.6) is 0 Å². The maximum Gasteiger partial charge on any atom is 0.247 e. The molecule has 0 radical (unpaired) electrons. The fraction of sp³-hybridized carbons (Fsp3) is 0.133. The Morgan fingerprint density at radius 1 is 1.24 bits per heavy atom. The van der Waals surface area contributed by atoms with Gasteiger partial charge >= 0.3 is 0 Å². The van der Waals surface area contributed by atoms with Crippen molar-refractivity contribution < 1.29 is 4.79 Å². The van der Waals surface area contributed by atoms with Crippen LogP contribution in [0.1, 0.15) is 18.9 Å². The van der Waals surface area contributed by atoms with Gasteiger partial charge in [0, 0.05) is 12.3 Å². The third kappa shape index (κ3) is 6.15. The Balaban J connectivity index is 2.36. The van der Waals surface area contributed by atoms with E-state index in [1.807, 2.05) is 55.5 Å². The highest BCUT2D eigenvalue weighted by Gasteiger charge is 1.88. The Kier molecular flexibility index (Phi) is 6.19. The third-order valence-corrected chi connectivity index (χ3v) is 2.03. The van der Waals surface area contributed by atoms with Gasteiger partial charge in [0.25, 0.3) is 0 Å². The van der Waals surface area contributed by atoms with E-state index < -0.39 is 0 Å². The molecule has 0 aromatic heterocycles. The van der Waals surface area contributed by atoms with Gasteiger partial charge < -0.3 is 5.32 Å². The maximum atomic E-state index is 11.3. The van der Waals surface area contributed by atoms with Crippen LogP contribution in [0, 0.1) is 0 Å². The van der Waals surface area contributed by atoms with Gasteiger partial charge in [0.1, 0.15) is 0 Å². The van der Waals surface area contributed by atoms with Gasteiger partial charge in [-0.2, -0.15) is 0 Å². The summed E-state index contributed by atoms with van der Waals surface area (Å²) in [6.45, 7) is 2.05. The van der Waals surface area contributed by atoms with E-state index in [-0.39, 0.29) is 5.91 Å². The van der Waals surface area contributed by atoms with E-state index in [0.717, 1.165) is 12.0 Å². The Hall–Kier alpha value is -2.09. The van der Waals surface area contributed by atoms with E-state index in [1.165, 1.54) is 6.08 Å². The summed E-state index contributed by atoms with van der Waals surface area (Å²) in [5.41, 5.74) is 1.06. The van der Waals surface area contributed by atoms with Crippen LogP contribution < -0.4 is 5.32 Å². The monoisotopic (exact) mass is 227 g/mol. The minimum absolute atomic E-state index is 0.127. The molecule has 2 heteroatoms. The number of allylic oxidation sites excluding steroid dienone is 3. The Bertz CT molecular complexity index is 416. The first-order chi connectivity index (χ1) is 8.33. The molecule has 0 saturated carbocycles. The molecule has 0 fully saturated rings. The lowest BCUT2D eigenvalue weighted by atomic mass is 10.2. The van der Waals surface area contributed by atoms with Crippen molar-refractivity contribution in [3.63, 3.8) is 0 Å². The topological polar surface area (TPSA) is 29.1 Å². The van der Waals surface area contributed by atoms with Crippen LogP contribution in [0.2, 0.25) is 0 Å². The Labute approximate surface area is 102 Å². The van der Waals surface area contributed by atoms with E-state index in [9.17, 15) is 4.79 Å². The highest BCUT2D eigenvalue weighted by molar-refractivity contribution is 5.88. The molecule has 0 heterocycles. The highest BCUT2D eigenvalue weighted by atomic mass is 16.1. The number of carbonyl (C=O) groups is 1. The molecule has 0 aliphatic heterocycles. The average Bonchev–Trinajstić information content (AvgIpc) is 2.36. The van der Waals surface area contributed by atoms with Crippen LogP contribution in [0.4, 0.5) is 0 Å².